The molecule has 0 heterocycles. The van der Waals surface area contributed by atoms with E-state index in [1.165, 1.54) is 6.07 Å². The van der Waals surface area contributed by atoms with E-state index in [2.05, 4.69) is 0 Å². The Morgan fingerprint density at radius 2 is 1.23 bits per heavy atom. The van der Waals surface area contributed by atoms with Crippen molar-refractivity contribution < 1.29 is 33.3 Å². The first-order valence-corrected chi connectivity index (χ1v) is 9.89. The summed E-state index contributed by atoms with van der Waals surface area (Å²) in [5.74, 6) is 1.04. The van der Waals surface area contributed by atoms with Gasteiger partial charge in [-0.15, -0.1) is 0 Å². The average Bonchev–Trinajstić information content (AvgIpc) is 2.70. The Morgan fingerprint density at radius 1 is 0.677 bits per heavy atom. The van der Waals surface area contributed by atoms with E-state index in [-0.39, 0.29) is 29.5 Å². The van der Waals surface area contributed by atoms with Gasteiger partial charge in [0, 0.05) is 16.8 Å². The molecular weight excluding hydrogens is 400 g/mol. The number of ether oxygens (including phenoxy) is 5. The average molecular weight is 424 g/mol. The van der Waals surface area contributed by atoms with Gasteiger partial charge in [-0.1, -0.05) is 42.5 Å². The molecule has 3 rings (SSSR count). The quantitative estimate of drug-likeness (QED) is 0.331. The first-order chi connectivity index (χ1) is 14.8. The Hall–Kier alpha value is -3.74. The molecule has 0 aromatic heterocycles. The molecule has 0 saturated carbocycles. The third kappa shape index (κ3) is 5.88. The van der Waals surface area contributed by atoms with Crippen LogP contribution in [0.3, 0.4) is 0 Å². The first kappa shape index (κ1) is 22.0. The summed E-state index contributed by atoms with van der Waals surface area (Å²) in [6.45, 7) is 6.89. The van der Waals surface area contributed by atoms with Crippen molar-refractivity contribution in [2.24, 2.45) is 0 Å². The normalized spacial score (nSPS) is 10.8. The highest BCUT2D eigenvalue weighted by Gasteiger charge is 2.22. The summed E-state index contributed by atoms with van der Waals surface area (Å²) >= 11 is 0. The van der Waals surface area contributed by atoms with Crippen LogP contribution in [0.4, 0.5) is 9.59 Å². The summed E-state index contributed by atoms with van der Waals surface area (Å²) < 4.78 is 27.1. The lowest BCUT2D eigenvalue weighted by molar-refractivity contribution is 0.0707. The molecule has 0 atom stereocenters. The van der Waals surface area contributed by atoms with E-state index >= 15 is 0 Å². The summed E-state index contributed by atoms with van der Waals surface area (Å²) in [6.07, 6.45) is -2.41. The summed E-state index contributed by atoms with van der Waals surface area (Å²) in [5.41, 5.74) is 0. The van der Waals surface area contributed by atoms with Crippen LogP contribution in [-0.2, 0) is 9.47 Å². The minimum Gasteiger partial charge on any atom is -0.453 e. The fourth-order valence-corrected chi connectivity index (χ4v) is 2.78. The number of hydrogen-bond donors (Lipinski definition) is 0. The maximum absolute atomic E-state index is 12.2. The standard InChI is InChI=1S/C24H24O7/c1-15(2)27-23(25)30-20-14-21(29-17-10-6-5-7-11-17)22(31-24(26)28-16(3)4)19-13-9-8-12-18(19)20/h5-16H,1-4H3. The Morgan fingerprint density at radius 3 is 1.84 bits per heavy atom. The second-order valence-electron chi connectivity index (χ2n) is 7.20. The number of hydrogen-bond acceptors (Lipinski definition) is 7. The van der Waals surface area contributed by atoms with Crippen LogP contribution in [0.5, 0.6) is 23.0 Å². The van der Waals surface area contributed by atoms with Crippen molar-refractivity contribution in [2.45, 2.75) is 39.9 Å². The first-order valence-electron chi connectivity index (χ1n) is 9.89. The van der Waals surface area contributed by atoms with Crippen LogP contribution < -0.4 is 14.2 Å². The predicted octanol–water partition coefficient (Wildman–Crippen LogP) is 6.48. The van der Waals surface area contributed by atoms with Gasteiger partial charge >= 0.3 is 12.3 Å². The maximum Gasteiger partial charge on any atom is 0.514 e. The van der Waals surface area contributed by atoms with Gasteiger partial charge in [-0.25, -0.2) is 9.59 Å². The Labute approximate surface area is 180 Å². The van der Waals surface area contributed by atoms with Gasteiger partial charge in [0.25, 0.3) is 0 Å². The number of carbonyl (C=O) groups is 2. The number of para-hydroxylation sites is 1. The smallest absolute Gasteiger partial charge is 0.453 e. The SMILES string of the molecule is CC(C)OC(=O)Oc1cc(Oc2ccccc2)c(OC(=O)OC(C)C)c2ccccc12. The number of rotatable bonds is 6. The molecule has 0 amide bonds. The van der Waals surface area contributed by atoms with E-state index in [1.54, 1.807) is 76.2 Å². The molecule has 31 heavy (non-hydrogen) atoms. The van der Waals surface area contributed by atoms with Crippen LogP contribution in [-0.4, -0.2) is 24.5 Å². The van der Waals surface area contributed by atoms with Crippen molar-refractivity contribution in [1.29, 1.82) is 0 Å². The van der Waals surface area contributed by atoms with E-state index in [4.69, 9.17) is 23.7 Å². The molecule has 3 aromatic carbocycles. The van der Waals surface area contributed by atoms with Gasteiger partial charge in [0.2, 0.25) is 0 Å². The lowest BCUT2D eigenvalue weighted by atomic mass is 10.1. The van der Waals surface area contributed by atoms with E-state index in [0.29, 0.717) is 16.5 Å². The number of carbonyl (C=O) groups excluding carboxylic acids is 2. The Balaban J connectivity index is 2.09. The van der Waals surface area contributed by atoms with E-state index in [9.17, 15) is 9.59 Å². The monoisotopic (exact) mass is 424 g/mol. The third-order valence-corrected chi connectivity index (χ3v) is 3.94. The topological polar surface area (TPSA) is 80.3 Å². The highest BCUT2D eigenvalue weighted by Crippen LogP contribution is 2.43. The minimum atomic E-state index is -0.869. The number of fused-ring (bicyclic) bond motifs is 1. The third-order valence-electron chi connectivity index (χ3n) is 3.94. The van der Waals surface area contributed by atoms with Crippen molar-refractivity contribution >= 4 is 23.1 Å². The zero-order valence-electron chi connectivity index (χ0n) is 17.8. The molecule has 0 saturated heterocycles. The van der Waals surface area contributed by atoms with Gasteiger partial charge in [-0.05, 0) is 39.8 Å². The second kappa shape index (κ2) is 9.84. The Bertz CT molecular complexity index is 1060. The van der Waals surface area contributed by atoms with E-state index in [1.807, 2.05) is 6.07 Å². The Kier molecular flexibility index (Phi) is 6.97. The fourth-order valence-electron chi connectivity index (χ4n) is 2.78. The van der Waals surface area contributed by atoms with E-state index < -0.39 is 12.3 Å². The van der Waals surface area contributed by atoms with Crippen molar-refractivity contribution in [3.8, 4) is 23.0 Å². The zero-order valence-corrected chi connectivity index (χ0v) is 17.8. The van der Waals surface area contributed by atoms with Crippen molar-refractivity contribution in [1.82, 2.24) is 0 Å². The van der Waals surface area contributed by atoms with Crippen molar-refractivity contribution in [3.05, 3.63) is 60.7 Å². The van der Waals surface area contributed by atoms with Gasteiger partial charge in [0.05, 0.1) is 12.2 Å². The highest BCUT2D eigenvalue weighted by atomic mass is 16.7. The maximum atomic E-state index is 12.2. The molecule has 0 aliphatic carbocycles. The molecular formula is C24H24O7. The number of benzene rings is 3. The highest BCUT2D eigenvalue weighted by molar-refractivity contribution is 5.97. The summed E-state index contributed by atoms with van der Waals surface area (Å²) in [7, 11) is 0. The second-order valence-corrected chi connectivity index (χ2v) is 7.20. The predicted molar refractivity (Wildman–Crippen MR) is 115 cm³/mol. The van der Waals surface area contributed by atoms with Gasteiger partial charge in [-0.2, -0.15) is 0 Å². The van der Waals surface area contributed by atoms with Gasteiger partial charge in [0.1, 0.15) is 11.5 Å². The molecule has 162 valence electrons. The summed E-state index contributed by atoms with van der Waals surface area (Å²) in [5, 5.41) is 1.04. The van der Waals surface area contributed by atoms with Gasteiger partial charge in [-0.3, -0.25) is 0 Å². The molecule has 0 N–H and O–H groups in total. The molecule has 0 radical (unpaired) electrons. The molecule has 0 unspecified atom stereocenters. The van der Waals surface area contributed by atoms with Crippen LogP contribution in [0, 0.1) is 0 Å². The lowest BCUT2D eigenvalue weighted by Crippen LogP contribution is -2.17. The van der Waals surface area contributed by atoms with Crippen LogP contribution in [0.1, 0.15) is 27.7 Å². The van der Waals surface area contributed by atoms with Crippen LogP contribution in [0.15, 0.2) is 60.7 Å². The molecule has 0 spiro atoms. The van der Waals surface area contributed by atoms with Crippen molar-refractivity contribution in [3.63, 3.8) is 0 Å². The minimum absolute atomic E-state index is 0.148. The zero-order chi connectivity index (χ0) is 22.4. The van der Waals surface area contributed by atoms with E-state index in [0.717, 1.165) is 0 Å². The van der Waals surface area contributed by atoms with Crippen LogP contribution >= 0.6 is 0 Å². The summed E-state index contributed by atoms with van der Waals surface area (Å²) in [4.78, 5) is 24.4. The molecule has 0 aliphatic rings. The fraction of sp³-hybridized carbons (Fsp3) is 0.250. The molecule has 7 heteroatoms. The molecule has 7 nitrogen and oxygen atoms in total. The molecule has 0 bridgehead atoms. The molecule has 0 fully saturated rings. The molecule has 0 aliphatic heterocycles. The summed E-state index contributed by atoms with van der Waals surface area (Å²) in [6, 6.07) is 17.4. The van der Waals surface area contributed by atoms with Gasteiger partial charge < -0.3 is 23.7 Å². The largest absolute Gasteiger partial charge is 0.514 e. The van der Waals surface area contributed by atoms with Crippen LogP contribution in [0.2, 0.25) is 0 Å². The van der Waals surface area contributed by atoms with Crippen LogP contribution in [0.25, 0.3) is 10.8 Å². The van der Waals surface area contributed by atoms with Crippen molar-refractivity contribution in [2.75, 3.05) is 0 Å². The van der Waals surface area contributed by atoms with Gasteiger partial charge in [0.15, 0.2) is 11.5 Å². The molecule has 3 aromatic rings. The lowest BCUT2D eigenvalue weighted by Gasteiger charge is -2.17.